The van der Waals surface area contributed by atoms with Crippen LogP contribution in [0.4, 0.5) is 0 Å². The summed E-state index contributed by atoms with van der Waals surface area (Å²) in [5, 5.41) is 3.59. The Morgan fingerprint density at radius 3 is 2.25 bits per heavy atom. The van der Waals surface area contributed by atoms with Crippen LogP contribution in [0.3, 0.4) is 0 Å². The third-order valence-corrected chi connectivity index (χ3v) is 3.71. The van der Waals surface area contributed by atoms with Gasteiger partial charge in [-0.1, -0.05) is 27.7 Å². The standard InChI is InChI=1S/C14H29NO/c1-11(2)14(10-15-12(3)4)9-13-5-7-16-8-6-13/h11-15H,5-10H2,1-4H3. The molecular formula is C14H29NO. The molecule has 1 saturated heterocycles. The molecule has 0 spiro atoms. The molecule has 1 aliphatic heterocycles. The van der Waals surface area contributed by atoms with Gasteiger partial charge in [-0.3, -0.25) is 0 Å². The van der Waals surface area contributed by atoms with E-state index in [1.807, 2.05) is 0 Å². The SMILES string of the molecule is CC(C)NCC(CC1CCOCC1)C(C)C. The fourth-order valence-corrected chi connectivity index (χ4v) is 2.39. The van der Waals surface area contributed by atoms with Crippen molar-refractivity contribution >= 4 is 0 Å². The molecule has 1 N–H and O–H groups in total. The maximum atomic E-state index is 5.42. The van der Waals surface area contributed by atoms with Crippen molar-refractivity contribution in [3.8, 4) is 0 Å². The predicted octanol–water partition coefficient (Wildman–Crippen LogP) is 3.07. The molecule has 2 nitrogen and oxygen atoms in total. The van der Waals surface area contributed by atoms with Crippen LogP contribution in [-0.4, -0.2) is 25.8 Å². The largest absolute Gasteiger partial charge is 0.381 e. The number of ether oxygens (including phenoxy) is 1. The van der Waals surface area contributed by atoms with Crippen molar-refractivity contribution in [2.45, 2.75) is 53.0 Å². The number of hydrogen-bond donors (Lipinski definition) is 1. The second-order valence-corrected chi connectivity index (χ2v) is 5.86. The van der Waals surface area contributed by atoms with Gasteiger partial charge in [-0.25, -0.2) is 0 Å². The molecule has 1 heterocycles. The Balaban J connectivity index is 2.31. The number of nitrogens with one attached hydrogen (secondary N) is 1. The summed E-state index contributed by atoms with van der Waals surface area (Å²) in [5.41, 5.74) is 0. The molecule has 0 bridgehead atoms. The third-order valence-electron chi connectivity index (χ3n) is 3.71. The van der Waals surface area contributed by atoms with E-state index in [0.717, 1.165) is 31.0 Å². The van der Waals surface area contributed by atoms with Gasteiger partial charge < -0.3 is 10.1 Å². The summed E-state index contributed by atoms with van der Waals surface area (Å²) in [7, 11) is 0. The highest BCUT2D eigenvalue weighted by Gasteiger charge is 2.21. The zero-order chi connectivity index (χ0) is 12.0. The molecule has 0 aromatic heterocycles. The Kier molecular flexibility index (Phi) is 6.37. The second-order valence-electron chi connectivity index (χ2n) is 5.86. The van der Waals surface area contributed by atoms with Crippen LogP contribution >= 0.6 is 0 Å². The highest BCUT2D eigenvalue weighted by atomic mass is 16.5. The summed E-state index contributed by atoms with van der Waals surface area (Å²) < 4.78 is 5.42. The quantitative estimate of drug-likeness (QED) is 0.753. The molecule has 2 heteroatoms. The summed E-state index contributed by atoms with van der Waals surface area (Å²) in [6.07, 6.45) is 3.91. The molecule has 0 radical (unpaired) electrons. The van der Waals surface area contributed by atoms with Gasteiger partial charge in [0.25, 0.3) is 0 Å². The maximum Gasteiger partial charge on any atom is 0.0468 e. The van der Waals surface area contributed by atoms with Crippen molar-refractivity contribution in [1.29, 1.82) is 0 Å². The van der Waals surface area contributed by atoms with E-state index in [4.69, 9.17) is 4.74 Å². The van der Waals surface area contributed by atoms with Gasteiger partial charge in [0.2, 0.25) is 0 Å². The van der Waals surface area contributed by atoms with E-state index in [9.17, 15) is 0 Å². The van der Waals surface area contributed by atoms with E-state index < -0.39 is 0 Å². The lowest BCUT2D eigenvalue weighted by Gasteiger charge is -2.29. The minimum atomic E-state index is 0.607. The van der Waals surface area contributed by atoms with Gasteiger partial charge >= 0.3 is 0 Å². The first-order valence-corrected chi connectivity index (χ1v) is 6.90. The van der Waals surface area contributed by atoms with E-state index >= 15 is 0 Å². The maximum absolute atomic E-state index is 5.42. The Morgan fingerprint density at radius 1 is 1.12 bits per heavy atom. The zero-order valence-corrected chi connectivity index (χ0v) is 11.5. The minimum absolute atomic E-state index is 0.607. The normalized spacial score (nSPS) is 20.6. The second kappa shape index (κ2) is 7.29. The molecule has 0 aromatic rings. The van der Waals surface area contributed by atoms with Crippen molar-refractivity contribution in [2.75, 3.05) is 19.8 Å². The van der Waals surface area contributed by atoms with Crippen LogP contribution in [-0.2, 0) is 4.74 Å². The van der Waals surface area contributed by atoms with Crippen molar-refractivity contribution in [3.63, 3.8) is 0 Å². The third kappa shape index (κ3) is 5.31. The van der Waals surface area contributed by atoms with Gasteiger partial charge in [-0.15, -0.1) is 0 Å². The zero-order valence-electron chi connectivity index (χ0n) is 11.5. The van der Waals surface area contributed by atoms with Gasteiger partial charge in [-0.2, -0.15) is 0 Å². The van der Waals surface area contributed by atoms with Crippen LogP contribution in [0.15, 0.2) is 0 Å². The van der Waals surface area contributed by atoms with E-state index in [2.05, 4.69) is 33.0 Å². The highest BCUT2D eigenvalue weighted by Crippen LogP contribution is 2.26. The van der Waals surface area contributed by atoms with Crippen molar-refractivity contribution in [3.05, 3.63) is 0 Å². The minimum Gasteiger partial charge on any atom is -0.381 e. The smallest absolute Gasteiger partial charge is 0.0468 e. The number of rotatable bonds is 6. The molecule has 0 saturated carbocycles. The molecule has 0 aliphatic carbocycles. The fraction of sp³-hybridized carbons (Fsp3) is 1.00. The Bertz CT molecular complexity index is 174. The van der Waals surface area contributed by atoms with Crippen LogP contribution in [0.5, 0.6) is 0 Å². The molecule has 1 rings (SSSR count). The summed E-state index contributed by atoms with van der Waals surface area (Å²) in [5.74, 6) is 2.51. The molecule has 16 heavy (non-hydrogen) atoms. The molecule has 0 amide bonds. The molecule has 1 fully saturated rings. The summed E-state index contributed by atoms with van der Waals surface area (Å²) >= 11 is 0. The van der Waals surface area contributed by atoms with Crippen LogP contribution in [0, 0.1) is 17.8 Å². The van der Waals surface area contributed by atoms with E-state index in [1.165, 1.54) is 25.8 Å². The fourth-order valence-electron chi connectivity index (χ4n) is 2.39. The molecule has 1 unspecified atom stereocenters. The highest BCUT2D eigenvalue weighted by molar-refractivity contribution is 4.73. The van der Waals surface area contributed by atoms with Crippen LogP contribution in [0.1, 0.15) is 47.0 Å². The van der Waals surface area contributed by atoms with Crippen LogP contribution in [0.25, 0.3) is 0 Å². The molecule has 96 valence electrons. The van der Waals surface area contributed by atoms with Crippen LogP contribution < -0.4 is 5.32 Å². The first-order valence-electron chi connectivity index (χ1n) is 6.90. The predicted molar refractivity (Wildman–Crippen MR) is 69.6 cm³/mol. The molecular weight excluding hydrogens is 198 g/mol. The van der Waals surface area contributed by atoms with Gasteiger partial charge in [0.15, 0.2) is 0 Å². The first-order chi connectivity index (χ1) is 7.59. The topological polar surface area (TPSA) is 21.3 Å². The molecule has 1 aliphatic rings. The lowest BCUT2D eigenvalue weighted by atomic mass is 9.83. The van der Waals surface area contributed by atoms with E-state index in [0.29, 0.717) is 6.04 Å². The first kappa shape index (κ1) is 14.0. The lowest BCUT2D eigenvalue weighted by Crippen LogP contribution is -2.33. The molecule has 0 aromatic carbocycles. The van der Waals surface area contributed by atoms with Gasteiger partial charge in [0, 0.05) is 19.3 Å². The Hall–Kier alpha value is -0.0800. The number of hydrogen-bond acceptors (Lipinski definition) is 2. The average Bonchev–Trinajstić information content (AvgIpc) is 2.25. The lowest BCUT2D eigenvalue weighted by molar-refractivity contribution is 0.0555. The van der Waals surface area contributed by atoms with E-state index in [1.54, 1.807) is 0 Å². The van der Waals surface area contributed by atoms with E-state index in [-0.39, 0.29) is 0 Å². The van der Waals surface area contributed by atoms with Gasteiger partial charge in [0.05, 0.1) is 0 Å². The Labute approximate surface area is 101 Å². The monoisotopic (exact) mass is 227 g/mol. The van der Waals surface area contributed by atoms with Crippen LogP contribution in [0.2, 0.25) is 0 Å². The average molecular weight is 227 g/mol. The van der Waals surface area contributed by atoms with Gasteiger partial charge in [-0.05, 0) is 43.6 Å². The van der Waals surface area contributed by atoms with Crippen molar-refractivity contribution in [2.24, 2.45) is 17.8 Å². The summed E-state index contributed by atoms with van der Waals surface area (Å²) in [4.78, 5) is 0. The Morgan fingerprint density at radius 2 is 1.75 bits per heavy atom. The summed E-state index contributed by atoms with van der Waals surface area (Å²) in [6, 6.07) is 0.607. The molecule has 1 atom stereocenters. The van der Waals surface area contributed by atoms with Crippen molar-refractivity contribution < 1.29 is 4.74 Å². The summed E-state index contributed by atoms with van der Waals surface area (Å²) in [6.45, 7) is 12.3. The van der Waals surface area contributed by atoms with Crippen molar-refractivity contribution in [1.82, 2.24) is 5.32 Å². The van der Waals surface area contributed by atoms with Gasteiger partial charge in [0.1, 0.15) is 0 Å².